The largest absolute Gasteiger partial charge is 0.490 e. The molecule has 2 heterocycles. The van der Waals surface area contributed by atoms with Gasteiger partial charge in [-0.2, -0.15) is 0 Å². The molecule has 0 radical (unpaired) electrons. The van der Waals surface area contributed by atoms with Crippen molar-refractivity contribution in [3.63, 3.8) is 0 Å². The van der Waals surface area contributed by atoms with E-state index in [4.69, 9.17) is 20.8 Å². The molecule has 5 nitrogen and oxygen atoms in total. The van der Waals surface area contributed by atoms with Gasteiger partial charge in [-0.15, -0.1) is 0 Å². The Kier molecular flexibility index (Phi) is 6.58. The van der Waals surface area contributed by atoms with E-state index in [2.05, 4.69) is 10.2 Å². The second kappa shape index (κ2) is 9.10. The Balaban J connectivity index is 1.41. The highest BCUT2D eigenvalue weighted by Gasteiger charge is 2.25. The Hall–Kier alpha value is -1.98. The van der Waals surface area contributed by atoms with Gasteiger partial charge in [-0.05, 0) is 50.1 Å². The summed E-state index contributed by atoms with van der Waals surface area (Å²) in [6.07, 6.45) is 3.63. The summed E-state index contributed by atoms with van der Waals surface area (Å²) in [5.74, 6) is 1.73. The first-order valence-electron chi connectivity index (χ1n) is 9.04. The number of piperidine rings is 1. The first kappa shape index (κ1) is 18.8. The number of furan rings is 1. The molecule has 140 valence electrons. The monoisotopic (exact) mass is 376 g/mol. The summed E-state index contributed by atoms with van der Waals surface area (Å²) >= 11 is 6.14. The summed E-state index contributed by atoms with van der Waals surface area (Å²) in [4.78, 5) is 14.7. The fourth-order valence-corrected chi connectivity index (χ4v) is 3.58. The number of hydrogen-bond donors (Lipinski definition) is 1. The highest BCUT2D eigenvalue weighted by atomic mass is 35.5. The maximum atomic E-state index is 12.4. The summed E-state index contributed by atoms with van der Waals surface area (Å²) in [7, 11) is 0. The fraction of sp³-hybridized carbons (Fsp3) is 0.450. The van der Waals surface area contributed by atoms with Gasteiger partial charge in [0, 0.05) is 6.54 Å². The molecule has 1 aromatic heterocycles. The number of aryl methyl sites for hydroxylation is 1. The molecule has 0 spiro atoms. The number of carbonyl (C=O) groups excluding carboxylic acids is 1. The third-order valence-corrected chi connectivity index (χ3v) is 4.95. The van der Waals surface area contributed by atoms with E-state index in [1.165, 1.54) is 0 Å². The van der Waals surface area contributed by atoms with Crippen molar-refractivity contribution in [2.24, 2.45) is 5.92 Å². The van der Waals surface area contributed by atoms with Gasteiger partial charge >= 0.3 is 0 Å². The number of nitrogens with zero attached hydrogens (tertiary/aromatic N) is 1. The van der Waals surface area contributed by atoms with Gasteiger partial charge in [-0.3, -0.25) is 9.69 Å². The van der Waals surface area contributed by atoms with Crippen LogP contribution in [-0.4, -0.2) is 37.0 Å². The number of para-hydroxylation sites is 1. The van der Waals surface area contributed by atoms with E-state index in [9.17, 15) is 4.79 Å². The molecule has 1 aromatic carbocycles. The molecule has 1 aliphatic rings. The number of nitrogens with one attached hydrogen (secondary N) is 1. The van der Waals surface area contributed by atoms with E-state index in [0.29, 0.717) is 23.9 Å². The second-order valence-corrected chi connectivity index (χ2v) is 7.09. The highest BCUT2D eigenvalue weighted by molar-refractivity contribution is 6.32. The molecular weight excluding hydrogens is 352 g/mol. The van der Waals surface area contributed by atoms with Crippen LogP contribution in [0.25, 0.3) is 0 Å². The van der Waals surface area contributed by atoms with Crippen LogP contribution in [0, 0.1) is 12.8 Å². The molecule has 6 heteroatoms. The van der Waals surface area contributed by atoms with Crippen LogP contribution in [0.5, 0.6) is 5.75 Å². The van der Waals surface area contributed by atoms with Gasteiger partial charge in [0.25, 0.3) is 0 Å². The average molecular weight is 377 g/mol. The molecule has 3 rings (SSSR count). The molecule has 1 amide bonds. The number of ether oxygens (including phenoxy) is 1. The third-order valence-electron chi connectivity index (χ3n) is 4.65. The van der Waals surface area contributed by atoms with Gasteiger partial charge in [-0.25, -0.2) is 0 Å². The van der Waals surface area contributed by atoms with Gasteiger partial charge in [0.15, 0.2) is 0 Å². The van der Waals surface area contributed by atoms with Crippen molar-refractivity contribution in [3.8, 4) is 5.75 Å². The van der Waals surface area contributed by atoms with Gasteiger partial charge in [0.1, 0.15) is 18.1 Å². The lowest BCUT2D eigenvalue weighted by Gasteiger charge is -2.31. The summed E-state index contributed by atoms with van der Waals surface area (Å²) < 4.78 is 11.1. The molecule has 1 aliphatic heterocycles. The van der Waals surface area contributed by atoms with Crippen LogP contribution >= 0.6 is 11.6 Å². The summed E-state index contributed by atoms with van der Waals surface area (Å²) in [5, 5.41) is 3.58. The van der Waals surface area contributed by atoms with Crippen molar-refractivity contribution < 1.29 is 13.9 Å². The standard InChI is InChI=1S/C20H25ClN2O3/c1-15-5-2-8-18(21)19(15)26-12-9-22-20(24)16-6-3-10-23(13-16)14-17-7-4-11-25-17/h2,4-5,7-8,11,16H,3,6,9-10,12-14H2,1H3,(H,22,24). The molecule has 1 saturated heterocycles. The van der Waals surface area contributed by atoms with Crippen LogP contribution in [0.2, 0.25) is 5.02 Å². The van der Waals surface area contributed by atoms with Crippen LogP contribution in [0.1, 0.15) is 24.2 Å². The van der Waals surface area contributed by atoms with Crippen LogP contribution in [0.4, 0.5) is 0 Å². The zero-order valence-corrected chi connectivity index (χ0v) is 15.8. The Morgan fingerprint density at radius 2 is 2.27 bits per heavy atom. The number of amides is 1. The minimum Gasteiger partial charge on any atom is -0.490 e. The summed E-state index contributed by atoms with van der Waals surface area (Å²) in [5.41, 5.74) is 0.990. The smallest absolute Gasteiger partial charge is 0.224 e. The van der Waals surface area contributed by atoms with E-state index in [1.807, 2.05) is 31.2 Å². The lowest BCUT2D eigenvalue weighted by molar-refractivity contribution is -0.126. The number of halogens is 1. The fourth-order valence-electron chi connectivity index (χ4n) is 3.31. The quantitative estimate of drug-likeness (QED) is 0.749. The minimum atomic E-state index is 0.0146. The third kappa shape index (κ3) is 5.02. The van der Waals surface area contributed by atoms with E-state index in [0.717, 1.165) is 43.8 Å². The number of carbonyl (C=O) groups is 1. The SMILES string of the molecule is Cc1cccc(Cl)c1OCCNC(=O)C1CCCN(Cc2ccco2)C1. The Morgan fingerprint density at radius 3 is 3.04 bits per heavy atom. The van der Waals surface area contributed by atoms with E-state index < -0.39 is 0 Å². The molecule has 0 aliphatic carbocycles. The van der Waals surface area contributed by atoms with Crippen molar-refractivity contribution in [2.75, 3.05) is 26.2 Å². The minimum absolute atomic E-state index is 0.0146. The predicted molar refractivity (Wildman–Crippen MR) is 101 cm³/mol. The number of benzene rings is 1. The molecule has 0 saturated carbocycles. The first-order chi connectivity index (χ1) is 12.6. The van der Waals surface area contributed by atoms with Gasteiger partial charge < -0.3 is 14.5 Å². The normalized spacial score (nSPS) is 17.8. The van der Waals surface area contributed by atoms with Crippen molar-refractivity contribution >= 4 is 17.5 Å². The summed E-state index contributed by atoms with van der Waals surface area (Å²) in [6.45, 7) is 5.34. The molecule has 1 unspecified atom stereocenters. The van der Waals surface area contributed by atoms with Crippen molar-refractivity contribution in [1.82, 2.24) is 10.2 Å². The van der Waals surface area contributed by atoms with Crippen molar-refractivity contribution in [1.29, 1.82) is 0 Å². The Morgan fingerprint density at radius 1 is 1.38 bits per heavy atom. The zero-order valence-electron chi connectivity index (χ0n) is 15.0. The topological polar surface area (TPSA) is 54.7 Å². The maximum Gasteiger partial charge on any atom is 0.224 e. The van der Waals surface area contributed by atoms with E-state index >= 15 is 0 Å². The molecule has 1 atom stereocenters. The first-order valence-corrected chi connectivity index (χ1v) is 9.41. The number of hydrogen-bond acceptors (Lipinski definition) is 4. The number of likely N-dealkylation sites (tertiary alicyclic amines) is 1. The molecular formula is C20H25ClN2O3. The van der Waals surface area contributed by atoms with Crippen molar-refractivity contribution in [2.45, 2.75) is 26.3 Å². The van der Waals surface area contributed by atoms with Crippen LogP contribution < -0.4 is 10.1 Å². The number of rotatable bonds is 7. The molecule has 26 heavy (non-hydrogen) atoms. The zero-order chi connectivity index (χ0) is 18.4. The van der Waals surface area contributed by atoms with Gasteiger partial charge in [0.2, 0.25) is 5.91 Å². The predicted octanol–water partition coefficient (Wildman–Crippen LogP) is 3.65. The average Bonchev–Trinajstić information content (AvgIpc) is 3.13. The lowest BCUT2D eigenvalue weighted by Crippen LogP contribution is -2.43. The molecule has 1 fully saturated rings. The van der Waals surface area contributed by atoms with E-state index in [-0.39, 0.29) is 11.8 Å². The molecule has 0 bridgehead atoms. The molecule has 2 aromatic rings. The Labute approximate surface area is 159 Å². The van der Waals surface area contributed by atoms with Crippen LogP contribution in [0.15, 0.2) is 41.0 Å². The Bertz CT molecular complexity index is 698. The van der Waals surface area contributed by atoms with Crippen molar-refractivity contribution in [3.05, 3.63) is 52.9 Å². The van der Waals surface area contributed by atoms with Gasteiger partial charge in [-0.1, -0.05) is 23.7 Å². The van der Waals surface area contributed by atoms with Crippen LogP contribution in [0.3, 0.4) is 0 Å². The van der Waals surface area contributed by atoms with E-state index in [1.54, 1.807) is 12.3 Å². The summed E-state index contributed by atoms with van der Waals surface area (Å²) in [6, 6.07) is 9.51. The molecule has 1 N–H and O–H groups in total. The lowest BCUT2D eigenvalue weighted by atomic mass is 9.97. The highest BCUT2D eigenvalue weighted by Crippen LogP contribution is 2.27. The maximum absolute atomic E-state index is 12.4. The van der Waals surface area contributed by atoms with Crippen LogP contribution in [-0.2, 0) is 11.3 Å². The van der Waals surface area contributed by atoms with Gasteiger partial charge in [0.05, 0.1) is 30.3 Å². The second-order valence-electron chi connectivity index (χ2n) is 6.68.